The molecular formula is C14H25N3O. The number of hydrogen-bond acceptors (Lipinski definition) is 4. The van der Waals surface area contributed by atoms with Crippen molar-refractivity contribution in [1.82, 2.24) is 5.32 Å². The molecule has 0 heterocycles. The lowest BCUT2D eigenvalue weighted by molar-refractivity contribution is 0.409. The van der Waals surface area contributed by atoms with E-state index in [9.17, 15) is 0 Å². The maximum atomic E-state index is 5.78. The van der Waals surface area contributed by atoms with Gasteiger partial charge >= 0.3 is 0 Å². The molecule has 1 unspecified atom stereocenters. The second-order valence-corrected chi connectivity index (χ2v) is 5.24. The van der Waals surface area contributed by atoms with Crippen molar-refractivity contribution >= 4 is 0 Å². The van der Waals surface area contributed by atoms with Crippen LogP contribution in [0.5, 0.6) is 5.75 Å². The lowest BCUT2D eigenvalue weighted by Gasteiger charge is -2.27. The number of methoxy groups -OCH3 is 1. The van der Waals surface area contributed by atoms with Crippen molar-refractivity contribution in [1.29, 1.82) is 0 Å². The fraction of sp³-hybridized carbons (Fsp3) is 0.571. The summed E-state index contributed by atoms with van der Waals surface area (Å²) in [6.45, 7) is 6.50. The summed E-state index contributed by atoms with van der Waals surface area (Å²) in [5.41, 5.74) is 12.5. The van der Waals surface area contributed by atoms with E-state index in [0.29, 0.717) is 6.54 Å². The maximum Gasteiger partial charge on any atom is 0.119 e. The van der Waals surface area contributed by atoms with Gasteiger partial charge < -0.3 is 21.5 Å². The molecule has 4 heteroatoms. The van der Waals surface area contributed by atoms with Crippen molar-refractivity contribution in [2.75, 3.05) is 26.7 Å². The average Bonchev–Trinajstić information content (AvgIpc) is 2.38. The smallest absolute Gasteiger partial charge is 0.119 e. The Kier molecular flexibility index (Phi) is 5.59. The number of benzene rings is 1. The van der Waals surface area contributed by atoms with Gasteiger partial charge in [-0.05, 0) is 17.7 Å². The number of rotatable bonds is 7. The number of hydrogen-bond donors (Lipinski definition) is 3. The zero-order valence-corrected chi connectivity index (χ0v) is 11.6. The van der Waals surface area contributed by atoms with Gasteiger partial charge in [0.1, 0.15) is 5.75 Å². The molecule has 0 aromatic heterocycles. The second kappa shape index (κ2) is 6.73. The Bertz CT molecular complexity index is 366. The van der Waals surface area contributed by atoms with E-state index in [1.807, 2.05) is 12.1 Å². The number of nitrogens with one attached hydrogen (secondary N) is 1. The van der Waals surface area contributed by atoms with Crippen LogP contribution in [0.15, 0.2) is 24.3 Å². The molecule has 0 bridgehead atoms. The van der Waals surface area contributed by atoms with Gasteiger partial charge in [-0.2, -0.15) is 0 Å². The molecular weight excluding hydrogens is 226 g/mol. The van der Waals surface area contributed by atoms with Crippen molar-refractivity contribution < 1.29 is 4.74 Å². The lowest BCUT2D eigenvalue weighted by Crippen LogP contribution is -2.43. The first-order valence-corrected chi connectivity index (χ1v) is 6.30. The largest absolute Gasteiger partial charge is 0.497 e. The molecule has 18 heavy (non-hydrogen) atoms. The molecule has 1 aromatic rings. The van der Waals surface area contributed by atoms with E-state index in [1.54, 1.807) is 7.11 Å². The molecule has 0 radical (unpaired) electrons. The predicted molar refractivity (Wildman–Crippen MR) is 75.9 cm³/mol. The van der Waals surface area contributed by atoms with Gasteiger partial charge in [0.05, 0.1) is 7.11 Å². The molecule has 0 amide bonds. The Morgan fingerprint density at radius 1 is 1.39 bits per heavy atom. The van der Waals surface area contributed by atoms with Crippen LogP contribution in [0, 0.1) is 0 Å². The van der Waals surface area contributed by atoms with E-state index in [2.05, 4.69) is 31.3 Å². The first-order valence-electron chi connectivity index (χ1n) is 6.30. The van der Waals surface area contributed by atoms with Gasteiger partial charge in [0, 0.05) is 31.1 Å². The van der Waals surface area contributed by atoms with Crippen molar-refractivity contribution in [2.45, 2.75) is 25.3 Å². The van der Waals surface area contributed by atoms with Crippen molar-refractivity contribution in [2.24, 2.45) is 11.5 Å². The highest BCUT2D eigenvalue weighted by Gasteiger charge is 2.20. The SMILES string of the molecule is COc1cccc(C(C)(C)CNCC(N)CN)c1. The molecule has 1 atom stereocenters. The summed E-state index contributed by atoms with van der Waals surface area (Å²) in [6.07, 6.45) is 0. The molecule has 0 aliphatic heterocycles. The van der Waals surface area contributed by atoms with Crippen LogP contribution in [0.4, 0.5) is 0 Å². The van der Waals surface area contributed by atoms with Crippen LogP contribution < -0.4 is 21.5 Å². The number of nitrogens with two attached hydrogens (primary N) is 2. The fourth-order valence-electron chi connectivity index (χ4n) is 1.80. The summed E-state index contributed by atoms with van der Waals surface area (Å²) in [4.78, 5) is 0. The normalized spacial score (nSPS) is 13.4. The Labute approximate surface area is 110 Å². The zero-order valence-electron chi connectivity index (χ0n) is 11.6. The van der Waals surface area contributed by atoms with E-state index in [0.717, 1.165) is 18.8 Å². The molecule has 5 N–H and O–H groups in total. The standard InChI is InChI=1S/C14H25N3O/c1-14(2,10-17-9-12(16)8-15)11-5-4-6-13(7-11)18-3/h4-7,12,17H,8-10,15-16H2,1-3H3. The molecule has 1 aromatic carbocycles. The summed E-state index contributed by atoms with van der Waals surface area (Å²) in [5.74, 6) is 0.888. The Hall–Kier alpha value is -1.10. The highest BCUT2D eigenvalue weighted by atomic mass is 16.5. The maximum absolute atomic E-state index is 5.78. The second-order valence-electron chi connectivity index (χ2n) is 5.24. The zero-order chi connectivity index (χ0) is 13.6. The van der Waals surface area contributed by atoms with E-state index in [1.165, 1.54) is 5.56 Å². The lowest BCUT2D eigenvalue weighted by atomic mass is 9.84. The molecule has 4 nitrogen and oxygen atoms in total. The van der Waals surface area contributed by atoms with Crippen LogP contribution in [0.3, 0.4) is 0 Å². The van der Waals surface area contributed by atoms with E-state index in [-0.39, 0.29) is 11.5 Å². The molecule has 1 rings (SSSR count). The molecule has 102 valence electrons. The highest BCUT2D eigenvalue weighted by Crippen LogP contribution is 2.25. The van der Waals surface area contributed by atoms with Gasteiger partial charge in [-0.15, -0.1) is 0 Å². The molecule has 0 fully saturated rings. The van der Waals surface area contributed by atoms with Crippen LogP contribution in [0.2, 0.25) is 0 Å². The monoisotopic (exact) mass is 251 g/mol. The first-order chi connectivity index (χ1) is 8.49. The summed E-state index contributed by atoms with van der Waals surface area (Å²) in [5, 5.41) is 3.37. The minimum atomic E-state index is 0.0195. The molecule has 0 saturated heterocycles. The van der Waals surface area contributed by atoms with Gasteiger partial charge in [0.2, 0.25) is 0 Å². The molecule has 0 saturated carbocycles. The van der Waals surface area contributed by atoms with Gasteiger partial charge in [-0.1, -0.05) is 26.0 Å². The Balaban J connectivity index is 2.61. The predicted octanol–water partition coefficient (Wildman–Crippen LogP) is 0.848. The van der Waals surface area contributed by atoms with E-state index < -0.39 is 0 Å². The van der Waals surface area contributed by atoms with Crippen LogP contribution in [0.25, 0.3) is 0 Å². The third-order valence-electron chi connectivity index (χ3n) is 3.13. The summed E-state index contributed by atoms with van der Waals surface area (Å²) >= 11 is 0. The van der Waals surface area contributed by atoms with Gasteiger partial charge in [-0.3, -0.25) is 0 Å². The van der Waals surface area contributed by atoms with Crippen LogP contribution >= 0.6 is 0 Å². The summed E-state index contributed by atoms with van der Waals surface area (Å²) in [7, 11) is 1.69. The van der Waals surface area contributed by atoms with Crippen LogP contribution in [0.1, 0.15) is 19.4 Å². The van der Waals surface area contributed by atoms with Gasteiger partial charge in [0.25, 0.3) is 0 Å². The Morgan fingerprint density at radius 3 is 2.72 bits per heavy atom. The quantitative estimate of drug-likeness (QED) is 0.671. The Morgan fingerprint density at radius 2 is 2.11 bits per heavy atom. The third kappa shape index (κ3) is 4.29. The first kappa shape index (κ1) is 15.0. The summed E-state index contributed by atoms with van der Waals surface area (Å²) in [6, 6.07) is 8.18. The molecule has 0 aliphatic carbocycles. The van der Waals surface area contributed by atoms with E-state index in [4.69, 9.17) is 16.2 Å². The minimum Gasteiger partial charge on any atom is -0.497 e. The van der Waals surface area contributed by atoms with Gasteiger partial charge in [-0.25, -0.2) is 0 Å². The fourth-order valence-corrected chi connectivity index (χ4v) is 1.80. The molecule has 0 aliphatic rings. The topological polar surface area (TPSA) is 73.3 Å². The number of ether oxygens (including phenoxy) is 1. The van der Waals surface area contributed by atoms with Crippen LogP contribution in [-0.2, 0) is 5.41 Å². The minimum absolute atomic E-state index is 0.0195. The third-order valence-corrected chi connectivity index (χ3v) is 3.13. The highest BCUT2D eigenvalue weighted by molar-refractivity contribution is 5.33. The summed E-state index contributed by atoms with van der Waals surface area (Å²) < 4.78 is 5.25. The average molecular weight is 251 g/mol. The van der Waals surface area contributed by atoms with Crippen molar-refractivity contribution in [3.05, 3.63) is 29.8 Å². The van der Waals surface area contributed by atoms with Crippen molar-refractivity contribution in [3.8, 4) is 5.75 Å². The van der Waals surface area contributed by atoms with E-state index >= 15 is 0 Å². The molecule has 0 spiro atoms. The van der Waals surface area contributed by atoms with Crippen molar-refractivity contribution in [3.63, 3.8) is 0 Å². The van der Waals surface area contributed by atoms with Crippen LogP contribution in [-0.4, -0.2) is 32.8 Å². The van der Waals surface area contributed by atoms with Gasteiger partial charge in [0.15, 0.2) is 0 Å².